The summed E-state index contributed by atoms with van der Waals surface area (Å²) in [5.74, 6) is 0.972. The lowest BCUT2D eigenvalue weighted by molar-refractivity contribution is 0.178. The van der Waals surface area contributed by atoms with E-state index in [-0.39, 0.29) is 6.61 Å². The molecule has 0 aromatic carbocycles. The molecule has 0 fully saturated rings. The normalized spacial score (nSPS) is 11.1. The van der Waals surface area contributed by atoms with Gasteiger partial charge in [-0.25, -0.2) is 0 Å². The van der Waals surface area contributed by atoms with Crippen LogP contribution in [0.1, 0.15) is 31.9 Å². The Morgan fingerprint density at radius 3 is 2.80 bits per heavy atom. The van der Waals surface area contributed by atoms with E-state index >= 15 is 0 Å². The Hall–Kier alpha value is -0.800. The van der Waals surface area contributed by atoms with Crippen LogP contribution in [0.3, 0.4) is 0 Å². The van der Waals surface area contributed by atoms with Gasteiger partial charge in [0.25, 0.3) is 0 Å². The van der Waals surface area contributed by atoms with E-state index in [0.29, 0.717) is 0 Å². The summed E-state index contributed by atoms with van der Waals surface area (Å²) in [4.78, 5) is 2.23. The maximum absolute atomic E-state index is 8.95. The first-order valence-electron chi connectivity index (χ1n) is 5.72. The number of unbranched alkanes of at least 4 members (excludes halogenated alkanes) is 2. The highest BCUT2D eigenvalue weighted by Crippen LogP contribution is 2.06. The van der Waals surface area contributed by atoms with Crippen LogP contribution in [-0.4, -0.2) is 29.7 Å². The van der Waals surface area contributed by atoms with Gasteiger partial charge in [0.2, 0.25) is 0 Å². The summed E-state index contributed by atoms with van der Waals surface area (Å²) in [6.07, 6.45) is 5.36. The second-order valence-electron chi connectivity index (χ2n) is 3.79. The molecule has 0 saturated carbocycles. The summed E-state index contributed by atoms with van der Waals surface area (Å²) >= 11 is 0. The van der Waals surface area contributed by atoms with Crippen LogP contribution >= 0.6 is 0 Å². The Labute approximate surface area is 91.7 Å². The van der Waals surface area contributed by atoms with Gasteiger partial charge in [-0.05, 0) is 25.1 Å². The topological polar surface area (TPSA) is 36.6 Å². The highest BCUT2D eigenvalue weighted by atomic mass is 16.3. The van der Waals surface area contributed by atoms with Crippen molar-refractivity contribution < 1.29 is 9.52 Å². The van der Waals surface area contributed by atoms with Crippen LogP contribution < -0.4 is 0 Å². The molecule has 0 spiro atoms. The predicted molar refractivity (Wildman–Crippen MR) is 60.6 cm³/mol. The first-order valence-corrected chi connectivity index (χ1v) is 5.72. The monoisotopic (exact) mass is 211 g/mol. The molecular weight excluding hydrogens is 190 g/mol. The Morgan fingerprint density at radius 1 is 1.33 bits per heavy atom. The third kappa shape index (κ3) is 5.00. The van der Waals surface area contributed by atoms with Crippen molar-refractivity contribution in [3.63, 3.8) is 0 Å². The van der Waals surface area contributed by atoms with E-state index in [1.165, 1.54) is 19.3 Å². The molecule has 15 heavy (non-hydrogen) atoms. The molecule has 0 atom stereocenters. The third-order valence-electron chi connectivity index (χ3n) is 2.45. The summed E-state index contributed by atoms with van der Waals surface area (Å²) in [6.45, 7) is 4.98. The fraction of sp³-hybridized carbons (Fsp3) is 0.667. The van der Waals surface area contributed by atoms with Gasteiger partial charge in [-0.15, -0.1) is 0 Å². The summed E-state index contributed by atoms with van der Waals surface area (Å²) in [6, 6.07) is 3.88. The van der Waals surface area contributed by atoms with Crippen molar-refractivity contribution in [3.05, 3.63) is 24.2 Å². The van der Waals surface area contributed by atoms with Gasteiger partial charge in [0.05, 0.1) is 19.4 Å². The minimum atomic E-state index is 0.215. The largest absolute Gasteiger partial charge is 0.468 e. The molecule has 0 aliphatic carbocycles. The van der Waals surface area contributed by atoms with Crippen molar-refractivity contribution in [2.45, 2.75) is 32.7 Å². The van der Waals surface area contributed by atoms with Gasteiger partial charge in [-0.1, -0.05) is 19.8 Å². The molecule has 3 nitrogen and oxygen atoms in total. The van der Waals surface area contributed by atoms with Crippen LogP contribution in [0.4, 0.5) is 0 Å². The molecular formula is C12H21NO2. The minimum Gasteiger partial charge on any atom is -0.468 e. The number of rotatable bonds is 8. The molecule has 1 rings (SSSR count). The number of hydrogen-bond acceptors (Lipinski definition) is 3. The number of aliphatic hydroxyl groups is 1. The minimum absolute atomic E-state index is 0.215. The first-order chi connectivity index (χ1) is 7.36. The first kappa shape index (κ1) is 12.3. The van der Waals surface area contributed by atoms with Gasteiger partial charge in [0.1, 0.15) is 5.76 Å². The van der Waals surface area contributed by atoms with Gasteiger partial charge in [-0.2, -0.15) is 0 Å². The van der Waals surface area contributed by atoms with Gasteiger partial charge >= 0.3 is 0 Å². The predicted octanol–water partition coefficient (Wildman–Crippen LogP) is 2.26. The zero-order chi connectivity index (χ0) is 10.9. The summed E-state index contributed by atoms with van der Waals surface area (Å²) in [5, 5.41) is 8.95. The lowest BCUT2D eigenvalue weighted by Crippen LogP contribution is -2.27. The second-order valence-corrected chi connectivity index (χ2v) is 3.79. The van der Waals surface area contributed by atoms with E-state index in [9.17, 15) is 0 Å². The van der Waals surface area contributed by atoms with Crippen molar-refractivity contribution in [2.75, 3.05) is 19.7 Å². The molecule has 0 bridgehead atoms. The Balaban J connectivity index is 2.29. The quantitative estimate of drug-likeness (QED) is 0.670. The molecule has 1 aromatic rings. The SMILES string of the molecule is CCCCCN(CCO)Cc1ccco1. The highest BCUT2D eigenvalue weighted by molar-refractivity contribution is 4.97. The van der Waals surface area contributed by atoms with E-state index in [0.717, 1.165) is 25.4 Å². The summed E-state index contributed by atoms with van der Waals surface area (Å²) in [7, 11) is 0. The van der Waals surface area contributed by atoms with E-state index in [1.807, 2.05) is 12.1 Å². The fourth-order valence-corrected chi connectivity index (χ4v) is 1.62. The maximum Gasteiger partial charge on any atom is 0.117 e. The molecule has 1 N–H and O–H groups in total. The third-order valence-corrected chi connectivity index (χ3v) is 2.45. The molecule has 1 heterocycles. The van der Waals surface area contributed by atoms with Crippen LogP contribution in [0.5, 0.6) is 0 Å². The molecule has 3 heteroatoms. The van der Waals surface area contributed by atoms with E-state index < -0.39 is 0 Å². The zero-order valence-electron chi connectivity index (χ0n) is 9.48. The molecule has 86 valence electrons. The Bertz CT molecular complexity index is 234. The molecule has 0 aliphatic heterocycles. The van der Waals surface area contributed by atoms with Crippen molar-refractivity contribution in [1.82, 2.24) is 4.90 Å². The van der Waals surface area contributed by atoms with Crippen molar-refractivity contribution in [3.8, 4) is 0 Å². The smallest absolute Gasteiger partial charge is 0.117 e. The van der Waals surface area contributed by atoms with Crippen LogP contribution in [0, 0.1) is 0 Å². The van der Waals surface area contributed by atoms with Crippen LogP contribution in [0.2, 0.25) is 0 Å². The Kier molecular flexibility index (Phi) is 6.12. The molecule has 0 unspecified atom stereocenters. The number of furan rings is 1. The molecule has 0 saturated heterocycles. The van der Waals surface area contributed by atoms with Gasteiger partial charge in [-0.3, -0.25) is 4.90 Å². The second kappa shape index (κ2) is 7.49. The van der Waals surface area contributed by atoms with Gasteiger partial charge < -0.3 is 9.52 Å². The maximum atomic E-state index is 8.95. The van der Waals surface area contributed by atoms with E-state index in [4.69, 9.17) is 9.52 Å². The molecule has 1 aromatic heterocycles. The van der Waals surface area contributed by atoms with Crippen molar-refractivity contribution >= 4 is 0 Å². The standard InChI is InChI=1S/C12H21NO2/c1-2-3-4-7-13(8-9-14)11-12-6-5-10-15-12/h5-6,10,14H,2-4,7-9,11H2,1H3. The Morgan fingerprint density at radius 2 is 2.20 bits per heavy atom. The van der Waals surface area contributed by atoms with Crippen LogP contribution in [-0.2, 0) is 6.54 Å². The van der Waals surface area contributed by atoms with Crippen LogP contribution in [0.25, 0.3) is 0 Å². The highest BCUT2D eigenvalue weighted by Gasteiger charge is 2.06. The molecule has 0 aliphatic rings. The van der Waals surface area contributed by atoms with Crippen molar-refractivity contribution in [2.24, 2.45) is 0 Å². The van der Waals surface area contributed by atoms with Gasteiger partial charge in [0.15, 0.2) is 0 Å². The zero-order valence-corrected chi connectivity index (χ0v) is 9.48. The average Bonchev–Trinajstić information content (AvgIpc) is 2.71. The molecule has 0 amide bonds. The van der Waals surface area contributed by atoms with E-state index in [1.54, 1.807) is 6.26 Å². The molecule has 0 radical (unpaired) electrons. The fourth-order valence-electron chi connectivity index (χ4n) is 1.62. The van der Waals surface area contributed by atoms with Gasteiger partial charge in [0, 0.05) is 6.54 Å². The number of aliphatic hydroxyl groups excluding tert-OH is 1. The van der Waals surface area contributed by atoms with E-state index in [2.05, 4.69) is 11.8 Å². The average molecular weight is 211 g/mol. The summed E-state index contributed by atoms with van der Waals surface area (Å²) in [5.41, 5.74) is 0. The van der Waals surface area contributed by atoms with Crippen LogP contribution in [0.15, 0.2) is 22.8 Å². The summed E-state index contributed by atoms with van der Waals surface area (Å²) < 4.78 is 5.29. The number of nitrogens with zero attached hydrogens (tertiary/aromatic N) is 1. The lowest BCUT2D eigenvalue weighted by atomic mass is 10.2. The number of hydrogen-bond donors (Lipinski definition) is 1. The lowest BCUT2D eigenvalue weighted by Gasteiger charge is -2.19. The van der Waals surface area contributed by atoms with Crippen molar-refractivity contribution in [1.29, 1.82) is 0 Å².